The van der Waals surface area contributed by atoms with Crippen molar-refractivity contribution in [3.05, 3.63) is 52.0 Å². The molecule has 2 rings (SSSR count). The van der Waals surface area contributed by atoms with E-state index >= 15 is 0 Å². The van der Waals surface area contributed by atoms with Gasteiger partial charge in [-0.15, -0.1) is 11.3 Å². The summed E-state index contributed by atoms with van der Waals surface area (Å²) < 4.78 is 0. The van der Waals surface area contributed by atoms with Crippen LogP contribution in [0, 0.1) is 0 Å². The standard InChI is InChI=1S/C14H15N3OS/c1-10(2)13-6-12(9-19-13)14(18)17-16-8-11-4-3-5-15-7-11/h3-10H,1-2H3,(H,17,18)/b16-8-. The average Bonchev–Trinajstić information content (AvgIpc) is 2.89. The van der Waals surface area contributed by atoms with Crippen LogP contribution in [0.2, 0.25) is 0 Å². The second kappa shape index (κ2) is 6.24. The van der Waals surface area contributed by atoms with Crippen molar-refractivity contribution in [2.24, 2.45) is 5.10 Å². The van der Waals surface area contributed by atoms with Gasteiger partial charge in [0.2, 0.25) is 0 Å². The minimum Gasteiger partial charge on any atom is -0.267 e. The fourth-order valence-corrected chi connectivity index (χ4v) is 2.36. The summed E-state index contributed by atoms with van der Waals surface area (Å²) in [5, 5.41) is 5.76. The molecule has 0 bridgehead atoms. The maximum Gasteiger partial charge on any atom is 0.272 e. The molecule has 0 atom stereocenters. The van der Waals surface area contributed by atoms with Crippen LogP contribution in [0.4, 0.5) is 0 Å². The molecule has 0 aliphatic rings. The summed E-state index contributed by atoms with van der Waals surface area (Å²) in [7, 11) is 0. The van der Waals surface area contributed by atoms with Crippen molar-refractivity contribution < 1.29 is 4.79 Å². The fourth-order valence-electron chi connectivity index (χ4n) is 1.46. The van der Waals surface area contributed by atoms with Crippen molar-refractivity contribution in [3.63, 3.8) is 0 Å². The molecule has 0 aliphatic heterocycles. The SMILES string of the molecule is CC(C)c1cc(C(=O)N/N=C\c2cccnc2)cs1. The minimum absolute atomic E-state index is 0.191. The lowest BCUT2D eigenvalue weighted by Crippen LogP contribution is -2.16. The van der Waals surface area contributed by atoms with Crippen LogP contribution in [-0.2, 0) is 0 Å². The highest BCUT2D eigenvalue weighted by molar-refractivity contribution is 7.10. The molecule has 1 N–H and O–H groups in total. The second-order valence-electron chi connectivity index (χ2n) is 4.38. The molecule has 0 saturated heterocycles. The van der Waals surface area contributed by atoms with E-state index in [9.17, 15) is 4.79 Å². The minimum atomic E-state index is -0.191. The van der Waals surface area contributed by atoms with Crippen molar-refractivity contribution in [2.75, 3.05) is 0 Å². The van der Waals surface area contributed by atoms with Crippen LogP contribution in [0.5, 0.6) is 0 Å². The van der Waals surface area contributed by atoms with Gasteiger partial charge in [0.1, 0.15) is 0 Å². The van der Waals surface area contributed by atoms with E-state index in [1.807, 2.05) is 23.6 Å². The molecular weight excluding hydrogens is 258 g/mol. The molecule has 0 fully saturated rings. The van der Waals surface area contributed by atoms with Gasteiger partial charge in [0.15, 0.2) is 0 Å². The topological polar surface area (TPSA) is 54.4 Å². The van der Waals surface area contributed by atoms with E-state index in [-0.39, 0.29) is 5.91 Å². The summed E-state index contributed by atoms with van der Waals surface area (Å²) in [6, 6.07) is 5.59. The quantitative estimate of drug-likeness (QED) is 0.687. The largest absolute Gasteiger partial charge is 0.272 e. The van der Waals surface area contributed by atoms with Crippen molar-refractivity contribution in [2.45, 2.75) is 19.8 Å². The molecule has 0 aromatic carbocycles. The van der Waals surface area contributed by atoms with Crippen molar-refractivity contribution in [1.82, 2.24) is 10.4 Å². The first-order chi connectivity index (χ1) is 9.16. The lowest BCUT2D eigenvalue weighted by molar-refractivity contribution is 0.0955. The summed E-state index contributed by atoms with van der Waals surface area (Å²) in [6.45, 7) is 4.21. The Morgan fingerprint density at radius 1 is 1.53 bits per heavy atom. The van der Waals surface area contributed by atoms with Crippen molar-refractivity contribution >= 4 is 23.5 Å². The molecule has 2 heterocycles. The Kier molecular flexibility index (Phi) is 4.41. The number of rotatable bonds is 4. The lowest BCUT2D eigenvalue weighted by Gasteiger charge is -1.98. The molecule has 4 nitrogen and oxygen atoms in total. The molecule has 2 aromatic rings. The Labute approximate surface area is 116 Å². The normalized spacial score (nSPS) is 11.1. The number of nitrogens with zero attached hydrogens (tertiary/aromatic N) is 2. The maximum absolute atomic E-state index is 11.8. The second-order valence-corrected chi connectivity index (χ2v) is 5.32. The highest BCUT2D eigenvalue weighted by Gasteiger charge is 2.09. The molecule has 2 aromatic heterocycles. The van der Waals surface area contributed by atoms with Crippen molar-refractivity contribution in [1.29, 1.82) is 0 Å². The average molecular weight is 273 g/mol. The molecule has 0 spiro atoms. The molecule has 19 heavy (non-hydrogen) atoms. The molecule has 0 saturated carbocycles. The first-order valence-corrected chi connectivity index (χ1v) is 6.86. The zero-order chi connectivity index (χ0) is 13.7. The molecule has 5 heteroatoms. The highest BCUT2D eigenvalue weighted by Crippen LogP contribution is 2.22. The van der Waals surface area contributed by atoms with E-state index in [1.165, 1.54) is 4.88 Å². The smallest absolute Gasteiger partial charge is 0.267 e. The zero-order valence-electron chi connectivity index (χ0n) is 10.8. The number of amides is 1. The van der Waals surface area contributed by atoms with Gasteiger partial charge in [-0.1, -0.05) is 19.9 Å². The highest BCUT2D eigenvalue weighted by atomic mass is 32.1. The number of nitrogens with one attached hydrogen (secondary N) is 1. The van der Waals surface area contributed by atoms with Gasteiger partial charge >= 0.3 is 0 Å². The van der Waals surface area contributed by atoms with Crippen LogP contribution in [0.1, 0.15) is 40.6 Å². The Balaban J connectivity index is 1.96. The van der Waals surface area contributed by atoms with Gasteiger partial charge in [0.05, 0.1) is 11.8 Å². The van der Waals surface area contributed by atoms with Gasteiger partial charge in [-0.3, -0.25) is 9.78 Å². The third-order valence-electron chi connectivity index (χ3n) is 2.52. The fraction of sp³-hybridized carbons (Fsp3) is 0.214. The summed E-state index contributed by atoms with van der Waals surface area (Å²) >= 11 is 1.59. The Hall–Kier alpha value is -2.01. The number of carbonyl (C=O) groups excluding carboxylic acids is 1. The van der Waals surface area contributed by atoms with Gasteiger partial charge in [-0.25, -0.2) is 5.43 Å². The van der Waals surface area contributed by atoms with Crippen LogP contribution < -0.4 is 5.43 Å². The third-order valence-corrected chi connectivity index (χ3v) is 3.75. The monoisotopic (exact) mass is 273 g/mol. The van der Waals surface area contributed by atoms with Crippen LogP contribution in [0.25, 0.3) is 0 Å². The number of hydrogen-bond donors (Lipinski definition) is 1. The molecular formula is C14H15N3OS. The van der Waals surface area contributed by atoms with Crippen molar-refractivity contribution in [3.8, 4) is 0 Å². The van der Waals surface area contributed by atoms with Gasteiger partial charge in [-0.05, 0) is 18.1 Å². The van der Waals surface area contributed by atoms with Gasteiger partial charge in [0, 0.05) is 28.2 Å². The van der Waals surface area contributed by atoms with E-state index in [0.29, 0.717) is 11.5 Å². The number of thiophene rings is 1. The molecule has 98 valence electrons. The Morgan fingerprint density at radius 3 is 3.00 bits per heavy atom. The van der Waals surface area contributed by atoms with E-state index < -0.39 is 0 Å². The molecule has 0 aliphatic carbocycles. The summed E-state index contributed by atoms with van der Waals surface area (Å²) in [5.74, 6) is 0.244. The van der Waals surface area contributed by atoms with Crippen LogP contribution >= 0.6 is 11.3 Å². The number of carbonyl (C=O) groups is 1. The van der Waals surface area contributed by atoms with Gasteiger partial charge < -0.3 is 0 Å². The maximum atomic E-state index is 11.8. The molecule has 1 amide bonds. The van der Waals surface area contributed by atoms with Gasteiger partial charge in [-0.2, -0.15) is 5.10 Å². The first kappa shape index (κ1) is 13.4. The Bertz CT molecular complexity index is 575. The van der Waals surface area contributed by atoms with Gasteiger partial charge in [0.25, 0.3) is 5.91 Å². The predicted octanol–water partition coefficient (Wildman–Crippen LogP) is 3.03. The molecule has 0 radical (unpaired) electrons. The number of pyridine rings is 1. The van der Waals surface area contributed by atoms with Crippen LogP contribution in [-0.4, -0.2) is 17.1 Å². The summed E-state index contributed by atoms with van der Waals surface area (Å²) in [4.78, 5) is 17.0. The van der Waals surface area contributed by atoms with E-state index in [0.717, 1.165) is 5.56 Å². The van der Waals surface area contributed by atoms with E-state index in [4.69, 9.17) is 0 Å². The third kappa shape index (κ3) is 3.72. The van der Waals surface area contributed by atoms with E-state index in [2.05, 4.69) is 29.4 Å². The number of hydrazone groups is 1. The molecule has 0 unspecified atom stereocenters. The first-order valence-electron chi connectivity index (χ1n) is 5.98. The zero-order valence-corrected chi connectivity index (χ0v) is 11.6. The lowest BCUT2D eigenvalue weighted by atomic mass is 10.1. The van der Waals surface area contributed by atoms with Crippen LogP contribution in [0.15, 0.2) is 41.1 Å². The Morgan fingerprint density at radius 2 is 2.37 bits per heavy atom. The van der Waals surface area contributed by atoms with Crippen LogP contribution in [0.3, 0.4) is 0 Å². The van der Waals surface area contributed by atoms with E-state index in [1.54, 1.807) is 29.9 Å². The summed E-state index contributed by atoms with van der Waals surface area (Å²) in [6.07, 6.45) is 4.94. The number of aromatic nitrogens is 1. The predicted molar refractivity (Wildman–Crippen MR) is 77.7 cm³/mol. The number of hydrogen-bond acceptors (Lipinski definition) is 4. The summed E-state index contributed by atoms with van der Waals surface area (Å²) in [5.41, 5.74) is 4.00.